The molecule has 8 heteroatoms. The molecule has 0 bridgehead atoms. The van der Waals surface area contributed by atoms with Crippen molar-refractivity contribution in [3.05, 3.63) is 78.0 Å². The number of ether oxygens (including phenoxy) is 2. The fourth-order valence-corrected chi connectivity index (χ4v) is 3.20. The molecule has 2 aromatic carbocycles. The monoisotopic (exact) mass is 430 g/mol. The second-order valence-electron chi connectivity index (χ2n) is 7.05. The maximum Gasteiger partial charge on any atom is 0.343 e. The molecule has 8 nitrogen and oxygen atoms in total. The number of carbonyl (C=O) groups is 2. The number of aryl methyl sites for hydroxylation is 1. The predicted molar refractivity (Wildman–Crippen MR) is 120 cm³/mol. The molecule has 32 heavy (non-hydrogen) atoms. The number of para-hydroxylation sites is 1. The Kier molecular flexibility index (Phi) is 6.12. The molecule has 0 aliphatic rings. The van der Waals surface area contributed by atoms with Crippen molar-refractivity contribution in [2.45, 2.75) is 13.8 Å². The van der Waals surface area contributed by atoms with Gasteiger partial charge in [0.2, 0.25) is 0 Å². The number of amides is 1. The number of hydrogen-bond donors (Lipinski definition) is 1. The highest BCUT2D eigenvalue weighted by Crippen LogP contribution is 2.22. The fourth-order valence-electron chi connectivity index (χ4n) is 3.20. The van der Waals surface area contributed by atoms with Gasteiger partial charge in [-0.3, -0.25) is 4.79 Å². The lowest BCUT2D eigenvalue weighted by molar-refractivity contribution is -0.118. The Balaban J connectivity index is 1.62. The summed E-state index contributed by atoms with van der Waals surface area (Å²) in [4.78, 5) is 29.7. The zero-order valence-corrected chi connectivity index (χ0v) is 17.7. The number of benzene rings is 2. The van der Waals surface area contributed by atoms with Crippen LogP contribution in [0.15, 0.2) is 66.9 Å². The molecule has 0 spiro atoms. The van der Waals surface area contributed by atoms with Crippen LogP contribution in [-0.2, 0) is 9.53 Å². The molecule has 0 unspecified atom stereocenters. The van der Waals surface area contributed by atoms with E-state index in [1.54, 1.807) is 19.1 Å². The lowest BCUT2D eigenvalue weighted by Crippen LogP contribution is -2.23. The van der Waals surface area contributed by atoms with Crippen molar-refractivity contribution in [1.82, 2.24) is 14.8 Å². The highest BCUT2D eigenvalue weighted by Gasteiger charge is 2.22. The van der Waals surface area contributed by atoms with E-state index in [1.165, 1.54) is 10.9 Å². The van der Waals surface area contributed by atoms with Crippen LogP contribution in [0.1, 0.15) is 22.8 Å². The van der Waals surface area contributed by atoms with Gasteiger partial charge in [0.1, 0.15) is 11.3 Å². The second-order valence-corrected chi connectivity index (χ2v) is 7.05. The molecule has 162 valence electrons. The molecule has 0 aliphatic heterocycles. The average molecular weight is 430 g/mol. The van der Waals surface area contributed by atoms with E-state index >= 15 is 0 Å². The molecule has 0 saturated heterocycles. The minimum absolute atomic E-state index is 0.130. The third kappa shape index (κ3) is 4.59. The van der Waals surface area contributed by atoms with Crippen molar-refractivity contribution in [2.75, 3.05) is 18.5 Å². The smallest absolute Gasteiger partial charge is 0.343 e. The van der Waals surface area contributed by atoms with Crippen LogP contribution in [0.3, 0.4) is 0 Å². The van der Waals surface area contributed by atoms with Crippen LogP contribution < -0.4 is 10.1 Å². The summed E-state index contributed by atoms with van der Waals surface area (Å²) in [6.45, 7) is 3.61. The fraction of sp³-hybridized carbons (Fsp3) is 0.167. The van der Waals surface area contributed by atoms with Crippen LogP contribution in [-0.4, -0.2) is 39.9 Å². The number of rotatable bonds is 7. The van der Waals surface area contributed by atoms with Gasteiger partial charge in [-0.15, -0.1) is 0 Å². The Bertz CT molecular complexity index is 1280. The van der Waals surface area contributed by atoms with E-state index < -0.39 is 11.9 Å². The Morgan fingerprint density at radius 1 is 1.06 bits per heavy atom. The largest absolute Gasteiger partial charge is 0.484 e. The summed E-state index contributed by atoms with van der Waals surface area (Å²) >= 11 is 0. The van der Waals surface area contributed by atoms with Crippen molar-refractivity contribution in [3.63, 3.8) is 0 Å². The van der Waals surface area contributed by atoms with Gasteiger partial charge in [-0.25, -0.2) is 9.78 Å². The first kappa shape index (κ1) is 21.0. The van der Waals surface area contributed by atoms with Crippen molar-refractivity contribution in [2.24, 2.45) is 0 Å². The minimum Gasteiger partial charge on any atom is -0.484 e. The number of hydrogen-bond acceptors (Lipinski definition) is 6. The number of esters is 1. The molecule has 2 heterocycles. The van der Waals surface area contributed by atoms with Gasteiger partial charge in [-0.05, 0) is 49.7 Å². The van der Waals surface area contributed by atoms with Gasteiger partial charge in [0.05, 0.1) is 18.3 Å². The van der Waals surface area contributed by atoms with Crippen LogP contribution in [0.5, 0.6) is 5.75 Å². The maximum atomic E-state index is 12.6. The van der Waals surface area contributed by atoms with Gasteiger partial charge in [-0.2, -0.15) is 9.78 Å². The van der Waals surface area contributed by atoms with Crippen molar-refractivity contribution in [1.29, 1.82) is 0 Å². The van der Waals surface area contributed by atoms with Gasteiger partial charge in [-0.1, -0.05) is 30.3 Å². The highest BCUT2D eigenvalue weighted by molar-refractivity contribution is 6.01. The second kappa shape index (κ2) is 9.30. The van der Waals surface area contributed by atoms with Gasteiger partial charge >= 0.3 is 5.97 Å². The van der Waals surface area contributed by atoms with E-state index in [4.69, 9.17) is 9.47 Å². The Hall–Kier alpha value is -4.20. The highest BCUT2D eigenvalue weighted by atomic mass is 16.5. The number of nitrogens with zero attached hydrogens (tertiary/aromatic N) is 3. The maximum absolute atomic E-state index is 12.6. The lowest BCUT2D eigenvalue weighted by atomic mass is 10.2. The normalized spacial score (nSPS) is 10.7. The summed E-state index contributed by atoms with van der Waals surface area (Å²) in [5.41, 5.74) is 1.91. The zero-order chi connectivity index (χ0) is 22.5. The number of aromatic nitrogens is 3. The Labute approximate surface area is 184 Å². The van der Waals surface area contributed by atoms with Crippen molar-refractivity contribution < 1.29 is 19.1 Å². The van der Waals surface area contributed by atoms with Gasteiger partial charge in [0.15, 0.2) is 18.2 Å². The van der Waals surface area contributed by atoms with Crippen LogP contribution in [0, 0.1) is 6.92 Å². The first-order chi connectivity index (χ1) is 15.5. The zero-order valence-electron chi connectivity index (χ0n) is 17.7. The number of carbonyl (C=O) groups excluding carboxylic acids is 2. The van der Waals surface area contributed by atoms with E-state index in [0.717, 1.165) is 16.5 Å². The quantitative estimate of drug-likeness (QED) is 0.447. The Morgan fingerprint density at radius 2 is 1.91 bits per heavy atom. The molecule has 4 aromatic rings. The predicted octanol–water partition coefficient (Wildman–Crippen LogP) is 3.92. The molecule has 0 radical (unpaired) electrons. The summed E-state index contributed by atoms with van der Waals surface area (Å²) in [6.07, 6.45) is 1.35. The number of pyridine rings is 1. The third-order valence-corrected chi connectivity index (χ3v) is 4.68. The summed E-state index contributed by atoms with van der Waals surface area (Å²) in [5.74, 6) is 0.169. The molecule has 1 N–H and O–H groups in total. The average Bonchev–Trinajstić information content (AvgIpc) is 3.21. The van der Waals surface area contributed by atoms with Crippen LogP contribution in [0.2, 0.25) is 0 Å². The molecule has 0 fully saturated rings. The van der Waals surface area contributed by atoms with Crippen molar-refractivity contribution >= 4 is 28.6 Å². The standard InChI is InChI=1S/C24H22N4O4/c1-3-31-24(30)19-14-25-28(21-12-11-17-8-4-5-10-20(17)26-21)23(19)27-22(29)15-32-18-9-6-7-16(2)13-18/h4-14H,3,15H2,1-2H3,(H,27,29). The van der Waals surface area contributed by atoms with Crippen LogP contribution in [0.4, 0.5) is 5.82 Å². The molecule has 0 aliphatic carbocycles. The number of nitrogens with one attached hydrogen (secondary N) is 1. The van der Waals surface area contributed by atoms with E-state index in [0.29, 0.717) is 11.6 Å². The first-order valence-electron chi connectivity index (χ1n) is 10.2. The van der Waals surface area contributed by atoms with Crippen LogP contribution >= 0.6 is 0 Å². The molecule has 2 aromatic heterocycles. The topological polar surface area (TPSA) is 95.3 Å². The van der Waals surface area contributed by atoms with Gasteiger partial charge < -0.3 is 14.8 Å². The van der Waals surface area contributed by atoms with E-state index in [1.807, 2.05) is 55.5 Å². The first-order valence-corrected chi connectivity index (χ1v) is 10.2. The van der Waals surface area contributed by atoms with Crippen molar-refractivity contribution in [3.8, 4) is 11.6 Å². The van der Waals surface area contributed by atoms with E-state index in [9.17, 15) is 9.59 Å². The summed E-state index contributed by atoms with van der Waals surface area (Å²) < 4.78 is 12.1. The molecule has 1 amide bonds. The molecule has 0 atom stereocenters. The van der Waals surface area contributed by atoms with E-state index in [2.05, 4.69) is 15.4 Å². The number of anilines is 1. The van der Waals surface area contributed by atoms with Crippen LogP contribution in [0.25, 0.3) is 16.7 Å². The summed E-state index contributed by atoms with van der Waals surface area (Å²) in [6, 6.07) is 18.7. The minimum atomic E-state index is -0.588. The SMILES string of the molecule is CCOC(=O)c1cnn(-c2ccc3ccccc3n2)c1NC(=O)COc1cccc(C)c1. The van der Waals surface area contributed by atoms with Gasteiger partial charge in [0.25, 0.3) is 5.91 Å². The summed E-state index contributed by atoms with van der Waals surface area (Å²) in [7, 11) is 0. The third-order valence-electron chi connectivity index (χ3n) is 4.68. The van der Waals surface area contributed by atoms with Gasteiger partial charge in [0, 0.05) is 5.39 Å². The lowest BCUT2D eigenvalue weighted by Gasteiger charge is -2.12. The summed E-state index contributed by atoms with van der Waals surface area (Å²) in [5, 5.41) is 7.97. The molecular weight excluding hydrogens is 408 g/mol. The molecular formula is C24H22N4O4. The molecule has 0 saturated carbocycles. The molecule has 4 rings (SSSR count). The Morgan fingerprint density at radius 3 is 2.72 bits per heavy atom. The van der Waals surface area contributed by atoms with E-state index in [-0.39, 0.29) is 24.6 Å². The number of fused-ring (bicyclic) bond motifs is 1.